The summed E-state index contributed by atoms with van der Waals surface area (Å²) >= 11 is 0. The molecule has 1 unspecified atom stereocenters. The molecule has 1 saturated carbocycles. The molecular formula is C31H64. The van der Waals surface area contributed by atoms with Crippen molar-refractivity contribution in [3.05, 3.63) is 12.7 Å². The second kappa shape index (κ2) is 21.6. The molecule has 1 aliphatic carbocycles. The highest BCUT2D eigenvalue weighted by Crippen LogP contribution is 2.41. The van der Waals surface area contributed by atoms with Crippen LogP contribution in [0.25, 0.3) is 0 Å². The molecule has 0 bridgehead atoms. The van der Waals surface area contributed by atoms with Gasteiger partial charge in [0.25, 0.3) is 0 Å². The Hall–Kier alpha value is -0.260. The summed E-state index contributed by atoms with van der Waals surface area (Å²) in [6, 6.07) is 0. The zero-order valence-corrected chi connectivity index (χ0v) is 23.7. The van der Waals surface area contributed by atoms with Gasteiger partial charge in [-0.25, -0.2) is 0 Å². The molecule has 0 spiro atoms. The number of hydrogen-bond donors (Lipinski definition) is 0. The van der Waals surface area contributed by atoms with Crippen molar-refractivity contribution in [3.63, 3.8) is 0 Å². The molecule has 0 aromatic heterocycles. The maximum Gasteiger partial charge on any atom is -0.0354 e. The molecule has 31 heavy (non-hydrogen) atoms. The quantitative estimate of drug-likeness (QED) is 0.199. The van der Waals surface area contributed by atoms with Gasteiger partial charge in [0.2, 0.25) is 0 Å². The highest BCUT2D eigenvalue weighted by molar-refractivity contribution is 4.80. The van der Waals surface area contributed by atoms with Crippen LogP contribution in [0.1, 0.15) is 159 Å². The van der Waals surface area contributed by atoms with E-state index in [-0.39, 0.29) is 0 Å². The maximum atomic E-state index is 3.60. The van der Waals surface area contributed by atoms with Gasteiger partial charge in [0.05, 0.1) is 0 Å². The Bertz CT molecular complexity index is 347. The summed E-state index contributed by atoms with van der Waals surface area (Å²) in [5.74, 6) is 4.06. The third-order valence-electron chi connectivity index (χ3n) is 7.42. The first-order chi connectivity index (χ1) is 14.8. The van der Waals surface area contributed by atoms with Gasteiger partial charge in [-0.3, -0.25) is 0 Å². The van der Waals surface area contributed by atoms with E-state index in [4.69, 9.17) is 0 Å². The first-order valence-corrected chi connectivity index (χ1v) is 14.4. The van der Waals surface area contributed by atoms with Gasteiger partial charge in [0.15, 0.2) is 0 Å². The first kappa shape index (κ1) is 32.9. The Morgan fingerprint density at radius 1 is 0.774 bits per heavy atom. The minimum atomic E-state index is 0.501. The average molecular weight is 437 g/mol. The lowest BCUT2D eigenvalue weighted by molar-refractivity contribution is 0.155. The Morgan fingerprint density at radius 2 is 1.29 bits per heavy atom. The topological polar surface area (TPSA) is 0 Å². The minimum Gasteiger partial charge on any atom is -0.103 e. The fourth-order valence-corrected chi connectivity index (χ4v) is 5.45. The molecule has 1 atom stereocenters. The van der Waals surface area contributed by atoms with Gasteiger partial charge in [0.1, 0.15) is 0 Å². The number of unbranched alkanes of at least 4 members (excludes halogenated alkanes) is 2. The molecule has 0 saturated heterocycles. The molecule has 0 nitrogen and oxygen atoms in total. The van der Waals surface area contributed by atoms with E-state index < -0.39 is 0 Å². The molecule has 0 aromatic carbocycles. The van der Waals surface area contributed by atoms with E-state index in [9.17, 15) is 0 Å². The smallest absolute Gasteiger partial charge is 0.0354 e. The predicted molar refractivity (Wildman–Crippen MR) is 147 cm³/mol. The van der Waals surface area contributed by atoms with Crippen molar-refractivity contribution in [1.82, 2.24) is 0 Å². The summed E-state index contributed by atoms with van der Waals surface area (Å²) in [4.78, 5) is 0. The molecule has 0 radical (unpaired) electrons. The van der Waals surface area contributed by atoms with Gasteiger partial charge in [-0.05, 0) is 54.8 Å². The van der Waals surface area contributed by atoms with E-state index >= 15 is 0 Å². The predicted octanol–water partition coefficient (Wildman–Crippen LogP) is 11.6. The van der Waals surface area contributed by atoms with Gasteiger partial charge >= 0.3 is 0 Å². The molecule has 1 fully saturated rings. The summed E-state index contributed by atoms with van der Waals surface area (Å²) < 4.78 is 0. The number of allylic oxidation sites excluding steroid dienone is 1. The zero-order chi connectivity index (χ0) is 24.1. The Balaban J connectivity index is 0. The van der Waals surface area contributed by atoms with Crippen LogP contribution in [0.5, 0.6) is 0 Å². The third kappa shape index (κ3) is 17.0. The number of rotatable bonds is 13. The fourth-order valence-electron chi connectivity index (χ4n) is 5.45. The highest BCUT2D eigenvalue weighted by Gasteiger charge is 2.29. The Labute approximate surface area is 200 Å². The summed E-state index contributed by atoms with van der Waals surface area (Å²) in [6.07, 6.45) is 23.3. The van der Waals surface area contributed by atoms with Crippen molar-refractivity contribution in [3.8, 4) is 0 Å². The van der Waals surface area contributed by atoms with Crippen LogP contribution in [0, 0.1) is 29.1 Å². The van der Waals surface area contributed by atoms with Crippen molar-refractivity contribution in [2.45, 2.75) is 159 Å². The van der Waals surface area contributed by atoms with E-state index in [1.807, 2.05) is 19.9 Å². The van der Waals surface area contributed by atoms with Crippen LogP contribution < -0.4 is 0 Å². The van der Waals surface area contributed by atoms with Crippen LogP contribution in [0.3, 0.4) is 0 Å². The number of hydrogen-bond acceptors (Lipinski definition) is 0. The fraction of sp³-hybridized carbons (Fsp3) is 0.935. The van der Waals surface area contributed by atoms with E-state index in [2.05, 4.69) is 55.0 Å². The Kier molecular flexibility index (Phi) is 22.9. The lowest BCUT2D eigenvalue weighted by Gasteiger charge is -2.36. The van der Waals surface area contributed by atoms with Gasteiger partial charge < -0.3 is 0 Å². The van der Waals surface area contributed by atoms with E-state index in [0.29, 0.717) is 5.41 Å². The van der Waals surface area contributed by atoms with Crippen molar-refractivity contribution >= 4 is 0 Å². The molecule has 1 aliphatic rings. The molecular weight excluding hydrogens is 372 g/mol. The Morgan fingerprint density at radius 3 is 1.65 bits per heavy atom. The van der Waals surface area contributed by atoms with Crippen LogP contribution in [0.2, 0.25) is 0 Å². The molecule has 0 heterocycles. The van der Waals surface area contributed by atoms with Crippen LogP contribution in [-0.2, 0) is 0 Å². The third-order valence-corrected chi connectivity index (χ3v) is 7.42. The normalized spacial score (nSPS) is 19.7. The summed E-state index contributed by atoms with van der Waals surface area (Å²) in [5.41, 5.74) is 0.501. The van der Waals surface area contributed by atoms with Crippen molar-refractivity contribution in [2.24, 2.45) is 29.1 Å². The van der Waals surface area contributed by atoms with Crippen molar-refractivity contribution < 1.29 is 0 Å². The van der Waals surface area contributed by atoms with Crippen molar-refractivity contribution in [1.29, 1.82) is 0 Å². The summed E-state index contributed by atoms with van der Waals surface area (Å²) in [6.45, 7) is 24.2. The lowest BCUT2D eigenvalue weighted by Crippen LogP contribution is -2.24. The van der Waals surface area contributed by atoms with Crippen LogP contribution in [0.4, 0.5) is 0 Å². The molecule has 1 rings (SSSR count). The van der Waals surface area contributed by atoms with E-state index in [0.717, 1.165) is 23.7 Å². The molecule has 0 N–H and O–H groups in total. The summed E-state index contributed by atoms with van der Waals surface area (Å²) in [5, 5.41) is 0. The van der Waals surface area contributed by atoms with Crippen LogP contribution >= 0.6 is 0 Å². The largest absolute Gasteiger partial charge is 0.103 e. The van der Waals surface area contributed by atoms with Gasteiger partial charge in [-0.2, -0.15) is 0 Å². The molecule has 0 aliphatic heterocycles. The molecule has 0 amide bonds. The maximum absolute atomic E-state index is 3.60. The minimum absolute atomic E-state index is 0.501. The molecule has 0 heteroatoms. The second-order valence-electron chi connectivity index (χ2n) is 11.0. The van der Waals surface area contributed by atoms with Gasteiger partial charge in [0, 0.05) is 0 Å². The standard InChI is InChI=1S/C23H46.C6H12.C2H6/c1-7-10-20(11-8-2)21-16-13-19(14-17-21)15-18-22(12-9-3)23(4,5)6;1-3-5-6-4-2;1-2/h19-22H,7-18H2,1-6H3;3H,1,4-6H2,2H3;1-2H3. The van der Waals surface area contributed by atoms with Gasteiger partial charge in [-0.15, -0.1) is 6.58 Å². The highest BCUT2D eigenvalue weighted by atomic mass is 14.3. The summed E-state index contributed by atoms with van der Waals surface area (Å²) in [7, 11) is 0. The average Bonchev–Trinajstić information content (AvgIpc) is 2.76. The lowest BCUT2D eigenvalue weighted by atomic mass is 9.70. The molecule has 188 valence electrons. The first-order valence-electron chi connectivity index (χ1n) is 14.4. The van der Waals surface area contributed by atoms with Crippen molar-refractivity contribution in [2.75, 3.05) is 0 Å². The van der Waals surface area contributed by atoms with E-state index in [1.165, 1.54) is 96.3 Å². The van der Waals surface area contributed by atoms with Crippen LogP contribution in [0.15, 0.2) is 12.7 Å². The molecule has 0 aromatic rings. The monoisotopic (exact) mass is 437 g/mol. The zero-order valence-electron chi connectivity index (χ0n) is 23.7. The SMILES string of the molecule is C=CCCCC.CC.CCCC(CCC)C1CCC(CCC(CCC)C(C)(C)C)CC1. The second-order valence-corrected chi connectivity index (χ2v) is 11.0. The van der Waals surface area contributed by atoms with Gasteiger partial charge in [-0.1, -0.05) is 139 Å². The van der Waals surface area contributed by atoms with E-state index in [1.54, 1.807) is 0 Å². The van der Waals surface area contributed by atoms with Crippen LogP contribution in [-0.4, -0.2) is 0 Å².